The molecule has 0 saturated carbocycles. The number of ether oxygens (including phenoxy) is 3. The molecule has 0 spiro atoms. The number of nitrogens with one attached hydrogen (secondary N) is 1. The highest BCUT2D eigenvalue weighted by Crippen LogP contribution is 2.32. The third kappa shape index (κ3) is 5.90. The van der Waals surface area contributed by atoms with Crippen molar-refractivity contribution in [2.75, 3.05) is 20.3 Å². The predicted molar refractivity (Wildman–Crippen MR) is 126 cm³/mol. The molecule has 0 bridgehead atoms. The van der Waals surface area contributed by atoms with Gasteiger partial charge in [0.1, 0.15) is 17.5 Å². The molecule has 1 aromatic carbocycles. The molecular weight excluding hydrogens is 440 g/mol. The molecule has 2 heterocycles. The number of fused-ring (bicyclic) bond motifs is 1. The van der Waals surface area contributed by atoms with Crippen LogP contribution in [0.25, 0.3) is 22.2 Å². The number of hydrogen-bond acceptors (Lipinski definition) is 7. The number of alkyl carbamates (subject to hydrolysis) is 1. The van der Waals surface area contributed by atoms with Crippen LogP contribution in [0.15, 0.2) is 49.2 Å². The maximum Gasteiger partial charge on any atom is 0.417 e. The summed E-state index contributed by atoms with van der Waals surface area (Å²) in [6.45, 7) is 8.93. The van der Waals surface area contributed by atoms with Crippen molar-refractivity contribution in [3.05, 3.63) is 55.0 Å². The van der Waals surface area contributed by atoms with Gasteiger partial charge in [0.15, 0.2) is 0 Å². The number of hydrogen-bond donors (Lipinski definition) is 2. The fraction of sp³-hybridized carbons (Fsp3) is 0.333. The minimum atomic E-state index is -1.28. The van der Waals surface area contributed by atoms with E-state index in [1.54, 1.807) is 26.8 Å². The summed E-state index contributed by atoms with van der Waals surface area (Å²) in [4.78, 5) is 33.5. The van der Waals surface area contributed by atoms with Gasteiger partial charge in [-0.15, -0.1) is 6.58 Å². The molecule has 2 N–H and O–H groups in total. The van der Waals surface area contributed by atoms with E-state index < -0.39 is 23.8 Å². The number of pyridine rings is 1. The molecule has 2 aromatic heterocycles. The van der Waals surface area contributed by atoms with E-state index in [9.17, 15) is 14.7 Å². The molecule has 180 valence electrons. The van der Waals surface area contributed by atoms with Crippen molar-refractivity contribution in [2.24, 2.45) is 0 Å². The van der Waals surface area contributed by atoms with Crippen molar-refractivity contribution in [3.8, 4) is 17.1 Å². The average molecular weight is 469 g/mol. The van der Waals surface area contributed by atoms with Crippen LogP contribution in [0.1, 0.15) is 32.6 Å². The van der Waals surface area contributed by atoms with E-state index in [2.05, 4.69) is 21.9 Å². The van der Waals surface area contributed by atoms with Gasteiger partial charge in [-0.1, -0.05) is 24.3 Å². The van der Waals surface area contributed by atoms with Crippen molar-refractivity contribution in [3.63, 3.8) is 0 Å². The van der Waals surface area contributed by atoms with E-state index in [1.165, 1.54) is 13.3 Å². The van der Waals surface area contributed by atoms with E-state index in [4.69, 9.17) is 14.2 Å². The smallest absolute Gasteiger partial charge is 0.417 e. The molecule has 3 aromatic rings. The van der Waals surface area contributed by atoms with Gasteiger partial charge < -0.3 is 24.6 Å². The van der Waals surface area contributed by atoms with Gasteiger partial charge >= 0.3 is 12.2 Å². The summed E-state index contributed by atoms with van der Waals surface area (Å²) in [5.74, 6) is 0.340. The van der Waals surface area contributed by atoms with E-state index >= 15 is 0 Å². The SMILES string of the molecule is C=CCOCC(NC(=O)OC(C)(C)C)c1nc(-c2cc3ccccc3nc2OC)cn1C(=O)O. The first-order valence-electron chi connectivity index (χ1n) is 10.6. The molecule has 0 aliphatic rings. The van der Waals surface area contributed by atoms with Gasteiger partial charge in [-0.2, -0.15) is 0 Å². The van der Waals surface area contributed by atoms with Gasteiger partial charge in [-0.3, -0.25) is 0 Å². The molecule has 3 rings (SSSR count). The summed E-state index contributed by atoms with van der Waals surface area (Å²) in [7, 11) is 1.48. The number of methoxy groups -OCH3 is 1. The summed E-state index contributed by atoms with van der Waals surface area (Å²) in [6.07, 6.45) is 0.890. The Kier molecular flexibility index (Phi) is 7.52. The van der Waals surface area contributed by atoms with Crippen LogP contribution in [0.2, 0.25) is 0 Å². The third-order valence-electron chi connectivity index (χ3n) is 4.62. The summed E-state index contributed by atoms with van der Waals surface area (Å²) >= 11 is 0. The standard InChI is InChI=1S/C24H28N4O6/c1-6-11-33-14-19(27-22(29)34-24(2,3)4)20-25-18(13-28(20)23(30)31)16-12-15-9-7-8-10-17(15)26-21(16)32-5/h6-10,12-13,19H,1,11,14H2,2-5H3,(H,27,29)(H,30,31). The van der Waals surface area contributed by atoms with Crippen LogP contribution >= 0.6 is 0 Å². The first-order valence-corrected chi connectivity index (χ1v) is 10.6. The van der Waals surface area contributed by atoms with Gasteiger partial charge in [0, 0.05) is 11.6 Å². The molecule has 1 atom stereocenters. The molecule has 0 aliphatic carbocycles. The second-order valence-electron chi connectivity index (χ2n) is 8.40. The minimum absolute atomic E-state index is 0.0487. The molecule has 10 heteroatoms. The molecular formula is C24H28N4O6. The molecule has 0 aliphatic heterocycles. The predicted octanol–water partition coefficient (Wildman–Crippen LogP) is 4.40. The molecule has 0 fully saturated rings. The number of imidazole rings is 1. The van der Waals surface area contributed by atoms with Crippen LogP contribution < -0.4 is 10.1 Å². The van der Waals surface area contributed by atoms with Crippen molar-refractivity contribution < 1.29 is 28.9 Å². The minimum Gasteiger partial charge on any atom is -0.480 e. The van der Waals surface area contributed by atoms with Gasteiger partial charge in [-0.05, 0) is 32.9 Å². The lowest BCUT2D eigenvalue weighted by Crippen LogP contribution is -2.38. The van der Waals surface area contributed by atoms with E-state index in [0.717, 1.165) is 15.5 Å². The highest BCUT2D eigenvalue weighted by molar-refractivity contribution is 5.86. The summed E-state index contributed by atoms with van der Waals surface area (Å²) < 4.78 is 17.2. The lowest BCUT2D eigenvalue weighted by atomic mass is 10.1. The van der Waals surface area contributed by atoms with Crippen LogP contribution in [0.5, 0.6) is 5.88 Å². The first-order chi connectivity index (χ1) is 16.1. The van der Waals surface area contributed by atoms with Crippen molar-refractivity contribution in [1.82, 2.24) is 19.9 Å². The molecule has 1 amide bonds. The van der Waals surface area contributed by atoms with E-state index in [0.29, 0.717) is 17.1 Å². The Balaban J connectivity index is 2.06. The second-order valence-corrected chi connectivity index (χ2v) is 8.40. The summed E-state index contributed by atoms with van der Waals surface area (Å²) in [6, 6.07) is 8.38. The lowest BCUT2D eigenvalue weighted by molar-refractivity contribution is 0.0448. The summed E-state index contributed by atoms with van der Waals surface area (Å²) in [5, 5.41) is 13.3. The van der Waals surface area contributed by atoms with E-state index in [-0.39, 0.29) is 19.0 Å². The fourth-order valence-electron chi connectivity index (χ4n) is 3.26. The Hall–Kier alpha value is -3.92. The maximum absolute atomic E-state index is 12.5. The number of para-hydroxylation sites is 1. The first kappa shape index (κ1) is 24.7. The number of aromatic nitrogens is 3. The van der Waals surface area contributed by atoms with Gasteiger partial charge in [0.25, 0.3) is 0 Å². The second kappa shape index (κ2) is 10.3. The number of carbonyl (C=O) groups excluding carboxylic acids is 1. The van der Waals surface area contributed by atoms with Gasteiger partial charge in [0.05, 0.1) is 37.1 Å². The molecule has 1 unspecified atom stereocenters. The number of carboxylic acid groups (broad SMARTS) is 1. The molecule has 10 nitrogen and oxygen atoms in total. The molecule has 34 heavy (non-hydrogen) atoms. The Morgan fingerprint density at radius 1 is 1.26 bits per heavy atom. The Labute approximate surface area is 197 Å². The zero-order chi connectivity index (χ0) is 24.9. The number of nitrogens with zero attached hydrogens (tertiary/aromatic N) is 3. The van der Waals surface area contributed by atoms with Crippen LogP contribution in [-0.4, -0.2) is 57.8 Å². The van der Waals surface area contributed by atoms with Crippen molar-refractivity contribution in [1.29, 1.82) is 0 Å². The van der Waals surface area contributed by atoms with E-state index in [1.807, 2.05) is 30.3 Å². The number of benzene rings is 1. The monoisotopic (exact) mass is 468 g/mol. The van der Waals surface area contributed by atoms with Crippen LogP contribution in [-0.2, 0) is 9.47 Å². The maximum atomic E-state index is 12.5. The molecule has 0 radical (unpaired) electrons. The highest BCUT2D eigenvalue weighted by Gasteiger charge is 2.27. The fourth-order valence-corrected chi connectivity index (χ4v) is 3.26. The van der Waals surface area contributed by atoms with Gasteiger partial charge in [0.2, 0.25) is 5.88 Å². The Morgan fingerprint density at radius 3 is 2.65 bits per heavy atom. The normalized spacial score (nSPS) is 12.2. The lowest BCUT2D eigenvalue weighted by Gasteiger charge is -2.23. The number of carbonyl (C=O) groups is 2. The molecule has 0 saturated heterocycles. The van der Waals surface area contributed by atoms with Crippen LogP contribution in [0, 0.1) is 0 Å². The van der Waals surface area contributed by atoms with Crippen LogP contribution in [0.3, 0.4) is 0 Å². The zero-order valence-electron chi connectivity index (χ0n) is 19.6. The third-order valence-corrected chi connectivity index (χ3v) is 4.62. The topological polar surface area (TPSA) is 125 Å². The summed E-state index contributed by atoms with van der Waals surface area (Å²) in [5.41, 5.74) is 0.801. The van der Waals surface area contributed by atoms with Crippen molar-refractivity contribution >= 4 is 23.1 Å². The zero-order valence-corrected chi connectivity index (χ0v) is 19.6. The Bertz CT molecular complexity index is 1200. The van der Waals surface area contributed by atoms with Crippen molar-refractivity contribution in [2.45, 2.75) is 32.4 Å². The number of rotatable bonds is 8. The quantitative estimate of drug-likeness (QED) is 0.368. The van der Waals surface area contributed by atoms with Gasteiger partial charge in [-0.25, -0.2) is 24.1 Å². The van der Waals surface area contributed by atoms with Crippen LogP contribution in [0.4, 0.5) is 9.59 Å². The highest BCUT2D eigenvalue weighted by atomic mass is 16.6. The number of amides is 1. The largest absolute Gasteiger partial charge is 0.480 e. The average Bonchev–Trinajstić information content (AvgIpc) is 3.22. The Morgan fingerprint density at radius 2 is 2.00 bits per heavy atom.